The summed E-state index contributed by atoms with van der Waals surface area (Å²) >= 11 is 0. The van der Waals surface area contributed by atoms with Crippen LogP contribution in [-0.4, -0.2) is 29.2 Å². The van der Waals surface area contributed by atoms with Crippen molar-refractivity contribution in [3.8, 4) is 28.4 Å². The summed E-state index contributed by atoms with van der Waals surface area (Å²) in [5.74, 6) is 1.87. The molecule has 0 aliphatic rings. The van der Waals surface area contributed by atoms with Crippen molar-refractivity contribution in [3.63, 3.8) is 0 Å². The molecule has 0 aliphatic carbocycles. The normalized spacial score (nSPS) is 10.5. The van der Waals surface area contributed by atoms with Gasteiger partial charge in [0, 0.05) is 11.6 Å². The number of aromatic nitrogens is 3. The summed E-state index contributed by atoms with van der Waals surface area (Å²) in [5.41, 5.74) is 8.39. The van der Waals surface area contributed by atoms with E-state index in [2.05, 4.69) is 10.3 Å². The van der Waals surface area contributed by atoms with Gasteiger partial charge in [-0.25, -0.2) is 0 Å². The second-order valence-corrected chi connectivity index (χ2v) is 4.64. The molecular formula is C16H16N4O2. The van der Waals surface area contributed by atoms with E-state index in [1.54, 1.807) is 18.9 Å². The summed E-state index contributed by atoms with van der Waals surface area (Å²) in [5, 5.41) is 8.34. The van der Waals surface area contributed by atoms with Crippen LogP contribution < -0.4 is 15.2 Å². The maximum absolute atomic E-state index is 6.22. The summed E-state index contributed by atoms with van der Waals surface area (Å²) in [6, 6.07) is 15.0. The Hall–Kier alpha value is -3.02. The number of hydrogen-bond donors (Lipinski definition) is 1. The van der Waals surface area contributed by atoms with Crippen LogP contribution >= 0.6 is 0 Å². The summed E-state index contributed by atoms with van der Waals surface area (Å²) < 4.78 is 12.1. The quantitative estimate of drug-likeness (QED) is 0.800. The number of ether oxygens (including phenoxy) is 2. The maximum Gasteiger partial charge on any atom is 0.156 e. The highest BCUT2D eigenvalue weighted by molar-refractivity contribution is 5.75. The average Bonchev–Trinajstić information content (AvgIpc) is 2.96. The number of anilines is 1. The van der Waals surface area contributed by atoms with Gasteiger partial charge in [-0.1, -0.05) is 23.4 Å². The molecule has 0 fully saturated rings. The van der Waals surface area contributed by atoms with Crippen LogP contribution in [0.3, 0.4) is 0 Å². The molecule has 22 heavy (non-hydrogen) atoms. The lowest BCUT2D eigenvalue weighted by Gasteiger charge is -2.07. The zero-order valence-corrected chi connectivity index (χ0v) is 12.4. The molecule has 0 bridgehead atoms. The van der Waals surface area contributed by atoms with Crippen molar-refractivity contribution < 1.29 is 9.47 Å². The number of benzene rings is 2. The molecule has 0 aliphatic heterocycles. The molecule has 0 unspecified atom stereocenters. The highest BCUT2D eigenvalue weighted by Crippen LogP contribution is 2.32. The van der Waals surface area contributed by atoms with Gasteiger partial charge < -0.3 is 15.2 Å². The summed E-state index contributed by atoms with van der Waals surface area (Å²) in [6.45, 7) is 0. The number of para-hydroxylation sites is 1. The Morgan fingerprint density at radius 2 is 1.82 bits per heavy atom. The van der Waals surface area contributed by atoms with E-state index in [4.69, 9.17) is 15.2 Å². The molecule has 0 saturated carbocycles. The molecule has 0 saturated heterocycles. The maximum atomic E-state index is 6.22. The first-order valence-corrected chi connectivity index (χ1v) is 6.73. The van der Waals surface area contributed by atoms with Crippen LogP contribution in [0.25, 0.3) is 16.9 Å². The Morgan fingerprint density at radius 1 is 1.00 bits per heavy atom. The van der Waals surface area contributed by atoms with Crippen molar-refractivity contribution in [1.82, 2.24) is 15.0 Å². The molecule has 3 aromatic rings. The van der Waals surface area contributed by atoms with Crippen molar-refractivity contribution in [3.05, 3.63) is 48.5 Å². The smallest absolute Gasteiger partial charge is 0.156 e. The van der Waals surface area contributed by atoms with Gasteiger partial charge in [-0.05, 0) is 24.3 Å². The minimum Gasteiger partial charge on any atom is -0.497 e. The molecule has 3 rings (SSSR count). The molecule has 0 atom stereocenters. The minimum atomic E-state index is 0.442. The Balaban J connectivity index is 2.09. The van der Waals surface area contributed by atoms with E-state index >= 15 is 0 Å². The van der Waals surface area contributed by atoms with Gasteiger partial charge >= 0.3 is 0 Å². The molecule has 112 valence electrons. The lowest BCUT2D eigenvalue weighted by atomic mass is 10.1. The predicted molar refractivity (Wildman–Crippen MR) is 84.3 cm³/mol. The number of hydrogen-bond acceptors (Lipinski definition) is 5. The molecule has 1 aromatic heterocycles. The molecule has 0 spiro atoms. The van der Waals surface area contributed by atoms with Crippen molar-refractivity contribution in [2.45, 2.75) is 0 Å². The second-order valence-electron chi connectivity index (χ2n) is 4.64. The third-order valence-corrected chi connectivity index (χ3v) is 3.36. The zero-order valence-electron chi connectivity index (χ0n) is 12.4. The molecule has 2 aromatic carbocycles. The summed E-state index contributed by atoms with van der Waals surface area (Å²) in [4.78, 5) is 0. The zero-order chi connectivity index (χ0) is 15.5. The fourth-order valence-electron chi connectivity index (χ4n) is 2.25. The Labute approximate surface area is 128 Å². The molecule has 2 N–H and O–H groups in total. The topological polar surface area (TPSA) is 75.2 Å². The first-order valence-electron chi connectivity index (χ1n) is 6.73. The fraction of sp³-hybridized carbons (Fsp3) is 0.125. The van der Waals surface area contributed by atoms with Crippen LogP contribution in [0, 0.1) is 0 Å². The van der Waals surface area contributed by atoms with Gasteiger partial charge in [0.1, 0.15) is 17.2 Å². The van der Waals surface area contributed by atoms with E-state index in [0.29, 0.717) is 17.3 Å². The van der Waals surface area contributed by atoms with E-state index in [1.165, 1.54) is 0 Å². The van der Waals surface area contributed by atoms with E-state index in [0.717, 1.165) is 17.0 Å². The summed E-state index contributed by atoms with van der Waals surface area (Å²) in [6.07, 6.45) is 0. The molecule has 1 heterocycles. The van der Waals surface area contributed by atoms with Crippen LogP contribution in [0.2, 0.25) is 0 Å². The third kappa shape index (κ3) is 2.35. The van der Waals surface area contributed by atoms with E-state index in [9.17, 15) is 0 Å². The minimum absolute atomic E-state index is 0.442. The van der Waals surface area contributed by atoms with Gasteiger partial charge in [0.05, 0.1) is 19.9 Å². The highest BCUT2D eigenvalue weighted by Gasteiger charge is 2.16. The van der Waals surface area contributed by atoms with E-state index in [1.807, 2.05) is 48.5 Å². The first kappa shape index (κ1) is 13.9. The molecule has 0 radical (unpaired) electrons. The van der Waals surface area contributed by atoms with Crippen LogP contribution in [-0.2, 0) is 0 Å². The number of nitrogens with zero attached hydrogens (tertiary/aromatic N) is 3. The lowest BCUT2D eigenvalue weighted by molar-refractivity contribution is 0.414. The third-order valence-electron chi connectivity index (χ3n) is 3.36. The first-order chi connectivity index (χ1) is 10.7. The number of nitrogens with two attached hydrogens (primary N) is 1. The van der Waals surface area contributed by atoms with Gasteiger partial charge in [-0.3, -0.25) is 0 Å². The van der Waals surface area contributed by atoms with Crippen LogP contribution in [0.4, 0.5) is 5.82 Å². The highest BCUT2D eigenvalue weighted by atomic mass is 16.5. The number of methoxy groups -OCH3 is 2. The van der Waals surface area contributed by atoms with Crippen LogP contribution in [0.15, 0.2) is 48.5 Å². The average molecular weight is 296 g/mol. The molecule has 6 nitrogen and oxygen atoms in total. The summed E-state index contributed by atoms with van der Waals surface area (Å²) in [7, 11) is 3.23. The molecular weight excluding hydrogens is 280 g/mol. The van der Waals surface area contributed by atoms with E-state index < -0.39 is 0 Å². The largest absolute Gasteiger partial charge is 0.497 e. The van der Waals surface area contributed by atoms with Crippen LogP contribution in [0.5, 0.6) is 11.5 Å². The lowest BCUT2D eigenvalue weighted by Crippen LogP contribution is -2.02. The van der Waals surface area contributed by atoms with Crippen molar-refractivity contribution in [2.24, 2.45) is 0 Å². The fourth-order valence-corrected chi connectivity index (χ4v) is 2.25. The predicted octanol–water partition coefficient (Wildman–Crippen LogP) is 2.53. The Morgan fingerprint density at radius 3 is 2.59 bits per heavy atom. The van der Waals surface area contributed by atoms with Crippen molar-refractivity contribution in [2.75, 3.05) is 20.0 Å². The van der Waals surface area contributed by atoms with Gasteiger partial charge in [-0.15, -0.1) is 5.10 Å². The van der Waals surface area contributed by atoms with Gasteiger partial charge in [0.25, 0.3) is 0 Å². The van der Waals surface area contributed by atoms with Gasteiger partial charge in [0.2, 0.25) is 0 Å². The van der Waals surface area contributed by atoms with Gasteiger partial charge in [0.15, 0.2) is 5.82 Å². The number of rotatable bonds is 4. The Bertz CT molecular complexity index is 798. The SMILES string of the molecule is COc1cccc(-n2nnc(-c3ccccc3OC)c2N)c1. The Kier molecular flexibility index (Phi) is 3.65. The standard InChI is InChI=1S/C16H16N4O2/c1-21-12-7-5-6-11(10-12)20-16(17)15(18-19-20)13-8-3-4-9-14(13)22-2/h3-10H,17H2,1-2H3. The van der Waals surface area contributed by atoms with E-state index in [-0.39, 0.29) is 0 Å². The molecule has 6 heteroatoms. The second kappa shape index (κ2) is 5.77. The van der Waals surface area contributed by atoms with Gasteiger partial charge in [-0.2, -0.15) is 4.68 Å². The van der Waals surface area contributed by atoms with Crippen molar-refractivity contribution in [1.29, 1.82) is 0 Å². The van der Waals surface area contributed by atoms with Crippen molar-refractivity contribution >= 4 is 5.82 Å². The number of nitrogen functional groups attached to an aromatic ring is 1. The van der Waals surface area contributed by atoms with Crippen LogP contribution in [0.1, 0.15) is 0 Å². The monoisotopic (exact) mass is 296 g/mol. The molecule has 0 amide bonds.